The fourth-order valence-corrected chi connectivity index (χ4v) is 3.67. The van der Waals surface area contributed by atoms with E-state index in [1.54, 1.807) is 0 Å². The Morgan fingerprint density at radius 1 is 1.00 bits per heavy atom. The molecule has 1 radical (unpaired) electrons. The fourth-order valence-electron chi connectivity index (χ4n) is 3.67. The third-order valence-electron chi connectivity index (χ3n) is 5.25. The average molecular weight is 647 g/mol. The molecule has 4 aromatic rings. The molecule has 2 heterocycles. The van der Waals surface area contributed by atoms with Crippen LogP contribution in [0.15, 0.2) is 70.8 Å². The number of nitrogens with zero attached hydrogens (tertiary/aromatic N) is 1. The predicted molar refractivity (Wildman–Crippen MR) is 139 cm³/mol. The van der Waals surface area contributed by atoms with Crippen molar-refractivity contribution in [3.8, 4) is 22.6 Å². The third kappa shape index (κ3) is 7.74. The third-order valence-corrected chi connectivity index (χ3v) is 5.25. The molecule has 0 fully saturated rings. The van der Waals surface area contributed by atoms with E-state index in [4.69, 9.17) is 14.5 Å². The number of aliphatic hydroxyl groups is 1. The second-order valence-corrected chi connectivity index (χ2v) is 9.68. The molecule has 0 bridgehead atoms. The normalized spacial score (nSPS) is 11.5. The summed E-state index contributed by atoms with van der Waals surface area (Å²) in [6.07, 6.45) is 1.17. The number of hydrogen-bond donors (Lipinski definition) is 1. The fraction of sp³-hybridized carbons (Fsp3) is 0.267. The molecule has 0 aliphatic heterocycles. The minimum Gasteiger partial charge on any atom is -0.512 e. The Balaban J connectivity index is 0.000000476. The van der Waals surface area contributed by atoms with E-state index >= 15 is 0 Å². The van der Waals surface area contributed by atoms with Crippen molar-refractivity contribution < 1.29 is 34.4 Å². The van der Waals surface area contributed by atoms with E-state index < -0.39 is 0 Å². The van der Waals surface area contributed by atoms with E-state index in [9.17, 15) is 4.79 Å². The molecule has 0 spiro atoms. The van der Waals surface area contributed by atoms with Crippen LogP contribution in [0.3, 0.4) is 0 Å². The van der Waals surface area contributed by atoms with Gasteiger partial charge in [-0.2, -0.15) is 0 Å². The summed E-state index contributed by atoms with van der Waals surface area (Å²) in [6, 6.07) is 22.4. The smallest absolute Gasteiger partial charge is 0.217 e. The van der Waals surface area contributed by atoms with Gasteiger partial charge in [0.15, 0.2) is 5.78 Å². The van der Waals surface area contributed by atoms with Crippen molar-refractivity contribution >= 4 is 16.9 Å². The number of carbonyl (C=O) groups is 1. The van der Waals surface area contributed by atoms with Crippen LogP contribution in [0.5, 0.6) is 0 Å². The number of aryl methyl sites for hydroxylation is 2. The summed E-state index contributed by atoms with van der Waals surface area (Å²) in [5, 5.41) is 9.38. The van der Waals surface area contributed by atoms with Crippen molar-refractivity contribution in [3.05, 3.63) is 89.2 Å². The Bertz CT molecular complexity index is 1320. The second kappa shape index (κ2) is 11.6. The number of pyridine rings is 1. The van der Waals surface area contributed by atoms with E-state index in [2.05, 4.69) is 89.2 Å². The van der Waals surface area contributed by atoms with E-state index in [1.165, 1.54) is 31.1 Å². The van der Waals surface area contributed by atoms with Crippen LogP contribution in [0.4, 0.5) is 0 Å². The first-order valence-electron chi connectivity index (χ1n) is 11.3. The van der Waals surface area contributed by atoms with E-state index in [-0.39, 0.29) is 37.1 Å². The maximum atomic E-state index is 10.0. The summed E-state index contributed by atoms with van der Waals surface area (Å²) >= 11 is 0. The molecule has 1 N–H and O–H groups in total. The summed E-state index contributed by atoms with van der Waals surface area (Å²) in [5.41, 5.74) is 7.41. The van der Waals surface area contributed by atoms with E-state index in [0.717, 1.165) is 33.5 Å². The number of rotatable bonds is 3. The van der Waals surface area contributed by atoms with Crippen molar-refractivity contribution in [2.24, 2.45) is 0 Å². The molecular formula is C30H32IrNO3-. The molecule has 185 valence electrons. The molecular weight excluding hydrogens is 615 g/mol. The minimum atomic E-state index is -0.125. The molecule has 0 saturated heterocycles. The number of benzene rings is 2. The van der Waals surface area contributed by atoms with Gasteiger partial charge in [-0.15, -0.1) is 34.9 Å². The van der Waals surface area contributed by atoms with Crippen molar-refractivity contribution in [2.45, 2.75) is 53.9 Å². The Labute approximate surface area is 221 Å². The van der Waals surface area contributed by atoms with Crippen LogP contribution in [0, 0.1) is 19.9 Å². The first-order valence-corrected chi connectivity index (χ1v) is 11.3. The predicted octanol–water partition coefficient (Wildman–Crippen LogP) is 7.91. The van der Waals surface area contributed by atoms with Crippen LogP contribution in [-0.2, 0) is 30.3 Å². The van der Waals surface area contributed by atoms with Gasteiger partial charge in [-0.3, -0.25) is 9.78 Å². The minimum absolute atomic E-state index is 0. The zero-order valence-corrected chi connectivity index (χ0v) is 23.7. The van der Waals surface area contributed by atoms with Crippen LogP contribution >= 0.6 is 0 Å². The molecule has 0 unspecified atom stereocenters. The van der Waals surface area contributed by atoms with Gasteiger partial charge in [0.2, 0.25) is 5.71 Å². The first-order chi connectivity index (χ1) is 15.9. The molecule has 0 aliphatic carbocycles. The number of hydrogen-bond acceptors (Lipinski definition) is 4. The Morgan fingerprint density at radius 3 is 2.17 bits per heavy atom. The summed E-state index contributed by atoms with van der Waals surface area (Å²) < 4.78 is 6.08. The maximum Gasteiger partial charge on any atom is 0.217 e. The number of fused-ring (bicyclic) bond motifs is 1. The van der Waals surface area contributed by atoms with Crippen molar-refractivity contribution in [2.75, 3.05) is 0 Å². The van der Waals surface area contributed by atoms with Crippen molar-refractivity contribution in [1.82, 2.24) is 4.98 Å². The molecule has 4 nitrogen and oxygen atoms in total. The van der Waals surface area contributed by atoms with Crippen molar-refractivity contribution in [3.63, 3.8) is 0 Å². The summed E-state index contributed by atoms with van der Waals surface area (Å²) in [5.74, 6) is 0.784. The van der Waals surface area contributed by atoms with Gasteiger partial charge < -0.3 is 9.52 Å². The number of carbonyl (C=O) groups excluding carboxylic acids is 1. The summed E-state index contributed by atoms with van der Waals surface area (Å²) in [7, 11) is 0. The van der Waals surface area contributed by atoms with Gasteiger partial charge in [0, 0.05) is 37.1 Å². The van der Waals surface area contributed by atoms with Crippen molar-refractivity contribution in [1.29, 1.82) is 0 Å². The maximum absolute atomic E-state index is 10.0. The molecule has 0 atom stereocenters. The molecule has 2 aromatic carbocycles. The Hall–Kier alpha value is -3.01. The number of allylic oxidation sites excluding steroid dienone is 2. The second-order valence-electron chi connectivity index (χ2n) is 9.68. The number of aromatic nitrogens is 1. The van der Waals surface area contributed by atoms with Crippen LogP contribution in [0.2, 0.25) is 0 Å². The summed E-state index contributed by atoms with van der Waals surface area (Å²) in [4.78, 5) is 14.8. The zero-order chi connectivity index (χ0) is 25.0. The molecule has 2 aromatic heterocycles. The standard InChI is InChI=1S/C25H24NO.C5H8O2.Ir/c1-16-12-17(2)14-20(13-16)22-11-8-19-15-23(27-24(19)26-22)18-6-9-21(10-7-18)25(3,4)5;1-4(6)3-5(2)7;/h6-13,15H,1-5H3;3,6H,1-2H3;/q-1;;/b;4-3-;. The van der Waals surface area contributed by atoms with Gasteiger partial charge in [0.05, 0.1) is 5.76 Å². The molecule has 0 saturated carbocycles. The molecule has 0 amide bonds. The van der Waals surface area contributed by atoms with Gasteiger partial charge in [-0.1, -0.05) is 71.0 Å². The van der Waals surface area contributed by atoms with E-state index in [0.29, 0.717) is 5.71 Å². The quantitative estimate of drug-likeness (QED) is 0.140. The largest absolute Gasteiger partial charge is 0.512 e. The average Bonchev–Trinajstić information content (AvgIpc) is 3.15. The molecule has 5 heteroatoms. The van der Waals surface area contributed by atoms with Gasteiger partial charge in [0.1, 0.15) is 5.76 Å². The SMILES string of the molecule is CC(=O)/C=C(/C)O.Cc1[c-]c(-c2ccc3cc(-c4ccc(C(C)(C)C)cc4)oc3n2)cc(C)c1.[Ir]. The van der Waals surface area contributed by atoms with Gasteiger partial charge in [-0.25, -0.2) is 0 Å². The molecule has 35 heavy (non-hydrogen) atoms. The van der Waals surface area contributed by atoms with Gasteiger partial charge >= 0.3 is 0 Å². The number of ketones is 1. The van der Waals surface area contributed by atoms with Crippen LogP contribution < -0.4 is 0 Å². The Morgan fingerprint density at radius 2 is 1.66 bits per heavy atom. The topological polar surface area (TPSA) is 63.3 Å². The molecule has 4 rings (SSSR count). The Kier molecular flexibility index (Phi) is 9.37. The number of furan rings is 1. The summed E-state index contributed by atoms with van der Waals surface area (Å²) in [6.45, 7) is 13.7. The van der Waals surface area contributed by atoms with Gasteiger partial charge in [-0.05, 0) is 36.6 Å². The van der Waals surface area contributed by atoms with Crippen LogP contribution in [0.1, 0.15) is 51.3 Å². The van der Waals surface area contributed by atoms with Crippen LogP contribution in [-0.4, -0.2) is 15.9 Å². The zero-order valence-electron chi connectivity index (χ0n) is 21.3. The monoisotopic (exact) mass is 647 g/mol. The molecule has 0 aliphatic rings. The first kappa shape index (κ1) is 28.2. The van der Waals surface area contributed by atoms with Crippen LogP contribution in [0.25, 0.3) is 33.7 Å². The van der Waals surface area contributed by atoms with Gasteiger partial charge in [0.25, 0.3) is 0 Å². The number of aliphatic hydroxyl groups excluding tert-OH is 1. The van der Waals surface area contributed by atoms with E-state index in [1.807, 2.05) is 6.07 Å².